The molecule has 2 aromatic heterocycles. The lowest BCUT2D eigenvalue weighted by Gasteiger charge is -2.35. The van der Waals surface area contributed by atoms with Gasteiger partial charge in [-0.05, 0) is 35.3 Å². The van der Waals surface area contributed by atoms with Crippen LogP contribution in [0.15, 0.2) is 42.6 Å². The predicted molar refractivity (Wildman–Crippen MR) is 129 cm³/mol. The van der Waals surface area contributed by atoms with Crippen molar-refractivity contribution in [3.05, 3.63) is 58.5 Å². The smallest absolute Gasteiger partial charge is 0.199 e. The molecule has 0 spiro atoms. The van der Waals surface area contributed by atoms with Gasteiger partial charge in [0.25, 0.3) is 0 Å². The topological polar surface area (TPSA) is 65.9 Å². The zero-order valence-electron chi connectivity index (χ0n) is 19.1. The summed E-state index contributed by atoms with van der Waals surface area (Å²) in [5.74, 6) is 1.64. The van der Waals surface area contributed by atoms with Crippen LogP contribution >= 0.6 is 12.2 Å². The van der Waals surface area contributed by atoms with Crippen molar-refractivity contribution < 1.29 is 0 Å². The summed E-state index contributed by atoms with van der Waals surface area (Å²) in [4.78, 5) is 8.92. The van der Waals surface area contributed by atoms with E-state index in [0.717, 1.165) is 43.4 Å². The highest BCUT2D eigenvalue weighted by molar-refractivity contribution is 7.71. The van der Waals surface area contributed by atoms with E-state index in [-0.39, 0.29) is 5.41 Å². The Morgan fingerprint density at radius 2 is 1.75 bits per heavy atom. The molecule has 0 N–H and O–H groups in total. The van der Waals surface area contributed by atoms with Gasteiger partial charge in [0.15, 0.2) is 10.6 Å². The molecule has 166 valence electrons. The molecule has 0 aliphatic carbocycles. The third-order valence-corrected chi connectivity index (χ3v) is 6.45. The van der Waals surface area contributed by atoms with Crippen molar-refractivity contribution in [2.24, 2.45) is 7.05 Å². The Morgan fingerprint density at radius 3 is 2.38 bits per heavy atom. The molecule has 0 radical (unpaired) electrons. The van der Waals surface area contributed by atoms with Crippen LogP contribution in [0.1, 0.15) is 31.9 Å². The highest BCUT2D eigenvalue weighted by Crippen LogP contribution is 2.25. The van der Waals surface area contributed by atoms with E-state index in [2.05, 4.69) is 65.9 Å². The molecular weight excluding hydrogens is 418 g/mol. The SMILES string of the molecule is Cn1c(-c2ccc(C(C)(C)C)cc2)nn(CN2CCN(c3ncccc3C#N)CC2)c1=S. The number of hydrogen-bond donors (Lipinski definition) is 0. The van der Waals surface area contributed by atoms with Crippen LogP contribution in [0, 0.1) is 16.1 Å². The molecule has 0 saturated carbocycles. The molecule has 32 heavy (non-hydrogen) atoms. The first-order valence-corrected chi connectivity index (χ1v) is 11.3. The first-order valence-electron chi connectivity index (χ1n) is 10.8. The Balaban J connectivity index is 1.46. The van der Waals surface area contributed by atoms with Crippen molar-refractivity contribution in [2.45, 2.75) is 32.9 Å². The van der Waals surface area contributed by atoms with Crippen LogP contribution in [0.2, 0.25) is 0 Å². The molecule has 7 nitrogen and oxygen atoms in total. The summed E-state index contributed by atoms with van der Waals surface area (Å²) in [6.07, 6.45) is 1.74. The van der Waals surface area contributed by atoms with E-state index in [0.29, 0.717) is 17.0 Å². The summed E-state index contributed by atoms with van der Waals surface area (Å²) in [6.45, 7) is 10.6. The molecule has 0 unspecified atom stereocenters. The number of benzene rings is 1. The van der Waals surface area contributed by atoms with Crippen LogP contribution in [-0.4, -0.2) is 50.4 Å². The fourth-order valence-corrected chi connectivity index (χ4v) is 4.16. The number of pyridine rings is 1. The number of nitriles is 1. The second-order valence-corrected chi connectivity index (χ2v) is 9.59. The molecule has 1 aliphatic rings. The predicted octanol–water partition coefficient (Wildman–Crippen LogP) is 3.96. The maximum absolute atomic E-state index is 9.35. The fourth-order valence-electron chi connectivity index (χ4n) is 3.98. The quantitative estimate of drug-likeness (QED) is 0.564. The van der Waals surface area contributed by atoms with Crippen molar-refractivity contribution in [3.8, 4) is 17.5 Å². The number of hydrogen-bond acceptors (Lipinski definition) is 6. The molecule has 3 heterocycles. The molecular formula is C24H29N7S. The van der Waals surface area contributed by atoms with Gasteiger partial charge in [-0.15, -0.1) is 0 Å². The van der Waals surface area contributed by atoms with Gasteiger partial charge in [0.05, 0.1) is 12.2 Å². The van der Waals surface area contributed by atoms with E-state index in [1.165, 1.54) is 5.56 Å². The lowest BCUT2D eigenvalue weighted by atomic mass is 9.87. The average Bonchev–Trinajstić information content (AvgIpc) is 3.07. The normalized spacial score (nSPS) is 15.0. The monoisotopic (exact) mass is 447 g/mol. The van der Waals surface area contributed by atoms with E-state index < -0.39 is 0 Å². The molecule has 1 aliphatic heterocycles. The number of aromatic nitrogens is 4. The molecule has 1 aromatic carbocycles. The molecule has 0 bridgehead atoms. The van der Waals surface area contributed by atoms with E-state index in [1.807, 2.05) is 22.4 Å². The Morgan fingerprint density at radius 1 is 1.06 bits per heavy atom. The number of piperazine rings is 1. The lowest BCUT2D eigenvalue weighted by Crippen LogP contribution is -2.47. The standard InChI is InChI=1S/C24H29N7S/c1-24(2,3)20-9-7-18(8-10-20)22-27-31(23(32)28(22)4)17-29-12-14-30(15-13-29)21-19(16-25)6-5-11-26-21/h5-11H,12-15,17H2,1-4H3. The third kappa shape index (κ3) is 4.45. The Labute approximate surface area is 194 Å². The minimum Gasteiger partial charge on any atom is -0.353 e. The van der Waals surface area contributed by atoms with Gasteiger partial charge in [0.2, 0.25) is 0 Å². The largest absolute Gasteiger partial charge is 0.353 e. The Hall–Kier alpha value is -3.02. The molecule has 1 saturated heterocycles. The van der Waals surface area contributed by atoms with Crippen LogP contribution in [0.3, 0.4) is 0 Å². The van der Waals surface area contributed by atoms with E-state index >= 15 is 0 Å². The first-order chi connectivity index (χ1) is 15.3. The fraction of sp³-hybridized carbons (Fsp3) is 0.417. The summed E-state index contributed by atoms with van der Waals surface area (Å²) in [5.41, 5.74) is 3.10. The van der Waals surface area contributed by atoms with E-state index in [4.69, 9.17) is 17.3 Å². The van der Waals surface area contributed by atoms with Crippen molar-refractivity contribution in [2.75, 3.05) is 31.1 Å². The summed E-state index contributed by atoms with van der Waals surface area (Å²) < 4.78 is 4.59. The van der Waals surface area contributed by atoms with Crippen LogP contribution < -0.4 is 4.90 Å². The summed E-state index contributed by atoms with van der Waals surface area (Å²) >= 11 is 5.68. The van der Waals surface area contributed by atoms with Crippen LogP contribution in [0.4, 0.5) is 5.82 Å². The van der Waals surface area contributed by atoms with Gasteiger partial charge in [-0.1, -0.05) is 45.0 Å². The molecule has 8 heteroatoms. The van der Waals surface area contributed by atoms with E-state index in [9.17, 15) is 5.26 Å². The van der Waals surface area contributed by atoms with Crippen LogP contribution in [0.5, 0.6) is 0 Å². The Bertz CT molecular complexity index is 1190. The maximum atomic E-state index is 9.35. The zero-order chi connectivity index (χ0) is 22.9. The van der Waals surface area contributed by atoms with Crippen molar-refractivity contribution >= 4 is 18.0 Å². The van der Waals surface area contributed by atoms with Gasteiger partial charge in [0.1, 0.15) is 11.9 Å². The maximum Gasteiger partial charge on any atom is 0.199 e. The second kappa shape index (κ2) is 8.85. The minimum absolute atomic E-state index is 0.120. The summed E-state index contributed by atoms with van der Waals surface area (Å²) in [7, 11) is 1.97. The second-order valence-electron chi connectivity index (χ2n) is 9.22. The van der Waals surface area contributed by atoms with Gasteiger partial charge in [-0.2, -0.15) is 10.4 Å². The van der Waals surface area contributed by atoms with Gasteiger partial charge >= 0.3 is 0 Å². The molecule has 0 atom stereocenters. The summed E-state index contributed by atoms with van der Waals surface area (Å²) in [5, 5.41) is 14.2. The summed E-state index contributed by atoms with van der Waals surface area (Å²) in [6, 6.07) is 14.4. The molecule has 4 rings (SSSR count). The number of rotatable bonds is 4. The number of nitrogens with zero attached hydrogens (tertiary/aromatic N) is 7. The molecule has 3 aromatic rings. The number of anilines is 1. The highest BCUT2D eigenvalue weighted by Gasteiger charge is 2.21. The highest BCUT2D eigenvalue weighted by atomic mass is 32.1. The average molecular weight is 448 g/mol. The van der Waals surface area contributed by atoms with Crippen molar-refractivity contribution in [3.63, 3.8) is 0 Å². The lowest BCUT2D eigenvalue weighted by molar-refractivity contribution is 0.194. The molecule has 1 fully saturated rings. The van der Waals surface area contributed by atoms with Crippen LogP contribution in [-0.2, 0) is 19.1 Å². The zero-order valence-corrected chi connectivity index (χ0v) is 19.9. The third-order valence-electron chi connectivity index (χ3n) is 5.96. The Kier molecular flexibility index (Phi) is 6.13. The van der Waals surface area contributed by atoms with E-state index in [1.54, 1.807) is 12.3 Å². The van der Waals surface area contributed by atoms with Gasteiger partial charge < -0.3 is 9.47 Å². The van der Waals surface area contributed by atoms with Gasteiger partial charge in [0, 0.05) is 45.0 Å². The van der Waals surface area contributed by atoms with Gasteiger partial charge in [-0.25, -0.2) is 9.67 Å². The molecule has 0 amide bonds. The van der Waals surface area contributed by atoms with Gasteiger partial charge in [-0.3, -0.25) is 4.90 Å². The minimum atomic E-state index is 0.120. The van der Waals surface area contributed by atoms with Crippen molar-refractivity contribution in [1.29, 1.82) is 5.26 Å². The first kappa shape index (κ1) is 22.2. The van der Waals surface area contributed by atoms with Crippen LogP contribution in [0.25, 0.3) is 11.4 Å². The van der Waals surface area contributed by atoms with Crippen molar-refractivity contribution in [1.82, 2.24) is 24.2 Å².